The molecule has 6 nitrogen and oxygen atoms in total. The van der Waals surface area contributed by atoms with E-state index in [2.05, 4.69) is 5.32 Å². The van der Waals surface area contributed by atoms with E-state index in [-0.39, 0.29) is 12.5 Å². The van der Waals surface area contributed by atoms with Crippen molar-refractivity contribution in [2.45, 2.75) is 25.8 Å². The van der Waals surface area contributed by atoms with E-state index in [4.69, 9.17) is 5.73 Å². The van der Waals surface area contributed by atoms with Gasteiger partial charge in [0.15, 0.2) is 0 Å². The van der Waals surface area contributed by atoms with E-state index in [1.54, 1.807) is 0 Å². The Morgan fingerprint density at radius 2 is 2.15 bits per heavy atom. The maximum atomic E-state index is 12.5. The quantitative estimate of drug-likeness (QED) is 0.816. The topological polar surface area (TPSA) is 80.4 Å². The molecule has 1 aromatic rings. The summed E-state index contributed by atoms with van der Waals surface area (Å²) in [6.45, 7) is 4.22. The minimum Gasteiger partial charge on any atom is -0.368 e. The van der Waals surface area contributed by atoms with Crippen molar-refractivity contribution in [1.29, 1.82) is 0 Å². The molecule has 0 aliphatic carbocycles. The van der Waals surface area contributed by atoms with Crippen LogP contribution in [0.2, 0.25) is 0 Å². The van der Waals surface area contributed by atoms with Gasteiger partial charge in [-0.3, -0.25) is 9.59 Å². The molecule has 2 rings (SSSR count). The summed E-state index contributed by atoms with van der Waals surface area (Å²) in [6, 6.07) is 4.04. The van der Waals surface area contributed by atoms with Crippen LogP contribution in [0.15, 0.2) is 18.3 Å². The Kier molecular flexibility index (Phi) is 4.79. The second-order valence-electron chi connectivity index (χ2n) is 5.07. The van der Waals surface area contributed by atoms with E-state index in [1.165, 1.54) is 4.90 Å². The lowest BCUT2D eigenvalue weighted by Gasteiger charge is -2.27. The molecule has 2 heterocycles. The van der Waals surface area contributed by atoms with Gasteiger partial charge in [0.1, 0.15) is 5.69 Å². The Labute approximate surface area is 118 Å². The van der Waals surface area contributed by atoms with Crippen molar-refractivity contribution in [2.24, 2.45) is 5.73 Å². The summed E-state index contributed by atoms with van der Waals surface area (Å²) in [5.41, 5.74) is 5.83. The average Bonchev–Trinajstić information content (AvgIpc) is 2.94. The Balaban J connectivity index is 2.17. The van der Waals surface area contributed by atoms with Crippen molar-refractivity contribution in [3.63, 3.8) is 0 Å². The number of rotatable bonds is 5. The lowest BCUT2D eigenvalue weighted by atomic mass is 10.1. The first-order valence-electron chi connectivity index (χ1n) is 7.08. The average molecular weight is 278 g/mol. The number of hydrogen-bond donors (Lipinski definition) is 2. The van der Waals surface area contributed by atoms with Crippen LogP contribution in [-0.4, -0.2) is 47.5 Å². The fraction of sp³-hybridized carbons (Fsp3) is 0.571. The van der Waals surface area contributed by atoms with Gasteiger partial charge in [-0.05, 0) is 45.0 Å². The second-order valence-corrected chi connectivity index (χ2v) is 5.07. The Bertz CT molecular complexity index is 477. The van der Waals surface area contributed by atoms with E-state index >= 15 is 0 Å². The maximum absolute atomic E-state index is 12.5. The molecule has 0 spiro atoms. The van der Waals surface area contributed by atoms with Gasteiger partial charge in [0, 0.05) is 18.8 Å². The van der Waals surface area contributed by atoms with Crippen LogP contribution in [-0.2, 0) is 4.79 Å². The predicted molar refractivity (Wildman–Crippen MR) is 76.3 cm³/mol. The summed E-state index contributed by atoms with van der Waals surface area (Å²) in [5.74, 6) is -0.616. The first kappa shape index (κ1) is 14.6. The zero-order chi connectivity index (χ0) is 14.5. The van der Waals surface area contributed by atoms with Crippen LogP contribution >= 0.6 is 0 Å². The molecule has 1 fully saturated rings. The van der Waals surface area contributed by atoms with Crippen molar-refractivity contribution >= 4 is 11.8 Å². The second kappa shape index (κ2) is 6.56. The molecular formula is C14H22N4O2. The largest absolute Gasteiger partial charge is 0.368 e. The van der Waals surface area contributed by atoms with Gasteiger partial charge < -0.3 is 20.5 Å². The number of nitrogens with zero attached hydrogens (tertiary/aromatic N) is 2. The zero-order valence-corrected chi connectivity index (χ0v) is 11.8. The number of nitrogens with two attached hydrogens (primary N) is 1. The van der Waals surface area contributed by atoms with Gasteiger partial charge in [0.25, 0.3) is 5.91 Å². The van der Waals surface area contributed by atoms with Crippen molar-refractivity contribution < 1.29 is 9.59 Å². The molecule has 0 aromatic carbocycles. The lowest BCUT2D eigenvalue weighted by molar-refractivity contribution is -0.118. The third-order valence-electron chi connectivity index (χ3n) is 3.72. The van der Waals surface area contributed by atoms with Crippen LogP contribution in [0.5, 0.6) is 0 Å². The van der Waals surface area contributed by atoms with Crippen molar-refractivity contribution in [3.8, 4) is 0 Å². The Morgan fingerprint density at radius 1 is 1.45 bits per heavy atom. The number of nitrogens with one attached hydrogen (secondary N) is 1. The highest BCUT2D eigenvalue weighted by Gasteiger charge is 2.23. The van der Waals surface area contributed by atoms with Crippen LogP contribution in [0.4, 0.5) is 0 Å². The maximum Gasteiger partial charge on any atom is 0.270 e. The molecule has 1 saturated heterocycles. The number of primary amides is 1. The van der Waals surface area contributed by atoms with Gasteiger partial charge in [0.05, 0.1) is 6.54 Å². The number of piperidine rings is 1. The molecule has 0 unspecified atom stereocenters. The third kappa shape index (κ3) is 3.19. The predicted octanol–water partition coefficient (Wildman–Crippen LogP) is 0.360. The van der Waals surface area contributed by atoms with Gasteiger partial charge in [0.2, 0.25) is 5.91 Å². The van der Waals surface area contributed by atoms with E-state index in [0.717, 1.165) is 25.9 Å². The van der Waals surface area contributed by atoms with Crippen LogP contribution in [0.25, 0.3) is 0 Å². The van der Waals surface area contributed by atoms with E-state index in [1.807, 2.05) is 29.8 Å². The fourth-order valence-electron chi connectivity index (χ4n) is 2.66. The minimum absolute atomic E-state index is 0.0350. The summed E-state index contributed by atoms with van der Waals surface area (Å²) < 4.78 is 2.03. The van der Waals surface area contributed by atoms with E-state index in [0.29, 0.717) is 18.3 Å². The van der Waals surface area contributed by atoms with Gasteiger partial charge in [-0.15, -0.1) is 0 Å². The monoisotopic (exact) mass is 278 g/mol. The molecule has 0 atom stereocenters. The molecule has 0 saturated carbocycles. The standard InChI is InChI=1S/C14H22N4O2/c1-2-17(10-13(15)19)14(20)12-4-3-9-18(12)11-5-7-16-8-6-11/h3-4,9,11,16H,2,5-8,10H2,1H3,(H2,15,19). The Hall–Kier alpha value is -1.82. The number of carbonyl (C=O) groups excluding carboxylic acids is 2. The van der Waals surface area contributed by atoms with Gasteiger partial charge in [-0.25, -0.2) is 0 Å². The number of hydrogen-bond acceptors (Lipinski definition) is 3. The molecule has 110 valence electrons. The normalized spacial score (nSPS) is 16.1. The van der Waals surface area contributed by atoms with E-state index in [9.17, 15) is 9.59 Å². The molecule has 20 heavy (non-hydrogen) atoms. The fourth-order valence-corrected chi connectivity index (χ4v) is 2.66. The molecule has 3 N–H and O–H groups in total. The molecule has 1 aromatic heterocycles. The zero-order valence-electron chi connectivity index (χ0n) is 11.8. The smallest absolute Gasteiger partial charge is 0.270 e. The number of amides is 2. The lowest BCUT2D eigenvalue weighted by Crippen LogP contribution is -2.39. The summed E-state index contributed by atoms with van der Waals surface area (Å²) >= 11 is 0. The van der Waals surface area contributed by atoms with Crippen molar-refractivity contribution in [2.75, 3.05) is 26.2 Å². The molecule has 0 radical (unpaired) electrons. The summed E-state index contributed by atoms with van der Waals surface area (Å²) in [7, 11) is 0. The highest BCUT2D eigenvalue weighted by Crippen LogP contribution is 2.22. The first-order chi connectivity index (χ1) is 9.63. The van der Waals surface area contributed by atoms with E-state index < -0.39 is 5.91 Å². The highest BCUT2D eigenvalue weighted by molar-refractivity contribution is 5.95. The molecule has 1 aliphatic rings. The van der Waals surface area contributed by atoms with Crippen LogP contribution in [0, 0.1) is 0 Å². The summed E-state index contributed by atoms with van der Waals surface area (Å²) in [4.78, 5) is 25.0. The summed E-state index contributed by atoms with van der Waals surface area (Å²) in [6.07, 6.45) is 3.97. The van der Waals surface area contributed by atoms with Gasteiger partial charge in [-0.1, -0.05) is 0 Å². The molecule has 6 heteroatoms. The first-order valence-corrected chi connectivity index (χ1v) is 7.08. The third-order valence-corrected chi connectivity index (χ3v) is 3.72. The summed E-state index contributed by atoms with van der Waals surface area (Å²) in [5, 5.41) is 3.32. The molecule has 0 bridgehead atoms. The van der Waals surface area contributed by atoms with Crippen LogP contribution in [0.1, 0.15) is 36.3 Å². The van der Waals surface area contributed by atoms with Gasteiger partial charge in [-0.2, -0.15) is 0 Å². The Morgan fingerprint density at radius 3 is 2.75 bits per heavy atom. The number of aromatic nitrogens is 1. The molecule has 2 amide bonds. The number of likely N-dealkylation sites (N-methyl/N-ethyl adjacent to an activating group) is 1. The molecular weight excluding hydrogens is 256 g/mol. The van der Waals surface area contributed by atoms with Crippen LogP contribution in [0.3, 0.4) is 0 Å². The van der Waals surface area contributed by atoms with Crippen LogP contribution < -0.4 is 11.1 Å². The highest BCUT2D eigenvalue weighted by atomic mass is 16.2. The van der Waals surface area contributed by atoms with Crippen molar-refractivity contribution in [1.82, 2.24) is 14.8 Å². The molecule has 1 aliphatic heterocycles. The van der Waals surface area contributed by atoms with Gasteiger partial charge >= 0.3 is 0 Å². The SMILES string of the molecule is CCN(CC(N)=O)C(=O)c1cccn1C1CCNCC1. The minimum atomic E-state index is -0.486. The van der Waals surface area contributed by atoms with Crippen molar-refractivity contribution in [3.05, 3.63) is 24.0 Å². The number of carbonyl (C=O) groups is 2.